The largest absolute Gasteiger partial charge is 0.497 e. The summed E-state index contributed by atoms with van der Waals surface area (Å²) in [6, 6.07) is 10.1. The predicted octanol–water partition coefficient (Wildman–Crippen LogP) is 2.84. The molecule has 2 aromatic rings. The number of rotatable bonds is 8. The summed E-state index contributed by atoms with van der Waals surface area (Å²) < 4.78 is 15.9. The second-order valence-electron chi connectivity index (χ2n) is 6.07. The van der Waals surface area contributed by atoms with Crippen LogP contribution in [0.3, 0.4) is 0 Å². The van der Waals surface area contributed by atoms with Gasteiger partial charge in [-0.25, -0.2) is 4.79 Å². The molecule has 6 nitrogen and oxygen atoms in total. The van der Waals surface area contributed by atoms with Crippen LogP contribution in [-0.2, 0) is 11.3 Å². The number of benzene rings is 2. The van der Waals surface area contributed by atoms with Gasteiger partial charge in [0.1, 0.15) is 17.6 Å². The molecule has 25 heavy (non-hydrogen) atoms. The number of fused-ring (bicyclic) bond motifs is 1. The summed E-state index contributed by atoms with van der Waals surface area (Å²) in [4.78, 5) is 11.0. The quantitative estimate of drug-likeness (QED) is 0.721. The summed E-state index contributed by atoms with van der Waals surface area (Å²) in [5, 5.41) is 8.33. The highest BCUT2D eigenvalue weighted by Gasteiger charge is 2.21. The lowest BCUT2D eigenvalue weighted by atomic mass is 10.0. The molecule has 2 N–H and O–H groups in total. The number of hydrogen-bond acceptors (Lipinski definition) is 5. The van der Waals surface area contributed by atoms with E-state index >= 15 is 0 Å². The number of methoxy groups -OCH3 is 2. The Hall–Kier alpha value is -2.47. The van der Waals surface area contributed by atoms with Gasteiger partial charge in [0.05, 0.1) is 20.8 Å². The van der Waals surface area contributed by atoms with Crippen LogP contribution < -0.4 is 20.1 Å². The molecule has 0 saturated carbocycles. The Morgan fingerprint density at radius 3 is 2.80 bits per heavy atom. The summed E-state index contributed by atoms with van der Waals surface area (Å²) in [5.41, 5.74) is 1.20. The fraction of sp³-hybridized carbons (Fsp3) is 0.421. The van der Waals surface area contributed by atoms with Crippen molar-refractivity contribution in [1.29, 1.82) is 0 Å². The maximum Gasteiger partial charge on any atom is 0.407 e. The average Bonchev–Trinajstić information content (AvgIpc) is 3.06. The number of cyclic esters (lactones) is 1. The number of carbonyl (C=O) groups is 1. The van der Waals surface area contributed by atoms with E-state index in [4.69, 9.17) is 14.2 Å². The van der Waals surface area contributed by atoms with Gasteiger partial charge in [0.25, 0.3) is 0 Å². The number of alkyl carbamates (subject to hydrolysis) is 1. The molecular formula is C19H24N2O4. The van der Waals surface area contributed by atoms with Gasteiger partial charge in [0, 0.05) is 11.9 Å². The monoisotopic (exact) mass is 344 g/mol. The highest BCUT2D eigenvalue weighted by molar-refractivity contribution is 5.92. The molecule has 134 valence electrons. The van der Waals surface area contributed by atoms with E-state index in [0.717, 1.165) is 48.2 Å². The van der Waals surface area contributed by atoms with Crippen LogP contribution in [0, 0.1) is 0 Å². The Morgan fingerprint density at radius 2 is 2.08 bits per heavy atom. The molecule has 1 aliphatic heterocycles. The van der Waals surface area contributed by atoms with Gasteiger partial charge in [-0.15, -0.1) is 0 Å². The van der Waals surface area contributed by atoms with Crippen molar-refractivity contribution in [3.05, 3.63) is 35.9 Å². The van der Waals surface area contributed by atoms with E-state index < -0.39 is 0 Å². The van der Waals surface area contributed by atoms with Gasteiger partial charge in [0.2, 0.25) is 0 Å². The van der Waals surface area contributed by atoms with Crippen molar-refractivity contribution < 1.29 is 19.0 Å². The van der Waals surface area contributed by atoms with Crippen LogP contribution in [0.2, 0.25) is 0 Å². The van der Waals surface area contributed by atoms with Gasteiger partial charge in [-0.1, -0.05) is 6.07 Å². The molecule has 0 spiro atoms. The molecule has 1 atom stereocenters. The minimum Gasteiger partial charge on any atom is -0.497 e. The van der Waals surface area contributed by atoms with Crippen LogP contribution >= 0.6 is 0 Å². The molecule has 2 aromatic carbocycles. The Labute approximate surface area is 147 Å². The standard InChI is InChI=1S/C19H24N2O4/c1-23-14-6-7-16-17(10-14)13(5-8-18(16)24-2)11-20-9-3-4-15-12-21-19(22)25-15/h5-8,10,15,20H,3-4,9,11-12H2,1-2H3,(H,21,22). The first-order chi connectivity index (χ1) is 12.2. The maximum absolute atomic E-state index is 11.0. The predicted molar refractivity (Wildman–Crippen MR) is 96.3 cm³/mol. The minimum atomic E-state index is -0.309. The molecule has 1 amide bonds. The van der Waals surface area contributed by atoms with E-state index in [9.17, 15) is 4.79 Å². The van der Waals surface area contributed by atoms with E-state index in [1.807, 2.05) is 24.3 Å². The van der Waals surface area contributed by atoms with E-state index in [0.29, 0.717) is 6.54 Å². The van der Waals surface area contributed by atoms with E-state index in [2.05, 4.69) is 16.7 Å². The summed E-state index contributed by atoms with van der Waals surface area (Å²) in [7, 11) is 3.35. The molecule has 0 aliphatic carbocycles. The lowest BCUT2D eigenvalue weighted by Gasteiger charge is -2.13. The molecule has 1 heterocycles. The van der Waals surface area contributed by atoms with Crippen molar-refractivity contribution in [2.75, 3.05) is 27.3 Å². The Morgan fingerprint density at radius 1 is 1.20 bits per heavy atom. The highest BCUT2D eigenvalue weighted by atomic mass is 16.6. The van der Waals surface area contributed by atoms with Gasteiger partial charge < -0.3 is 24.8 Å². The maximum atomic E-state index is 11.0. The van der Waals surface area contributed by atoms with Crippen molar-refractivity contribution in [1.82, 2.24) is 10.6 Å². The molecule has 0 radical (unpaired) electrons. The molecule has 0 bridgehead atoms. The number of carbonyl (C=O) groups excluding carboxylic acids is 1. The second kappa shape index (κ2) is 8.07. The van der Waals surface area contributed by atoms with Gasteiger partial charge in [-0.05, 0) is 54.6 Å². The van der Waals surface area contributed by atoms with Crippen molar-refractivity contribution in [3.8, 4) is 11.5 Å². The van der Waals surface area contributed by atoms with E-state index in [-0.39, 0.29) is 12.2 Å². The topological polar surface area (TPSA) is 68.8 Å². The first kappa shape index (κ1) is 17.4. The first-order valence-corrected chi connectivity index (χ1v) is 8.50. The molecule has 3 rings (SSSR count). The molecule has 1 fully saturated rings. The zero-order chi connectivity index (χ0) is 17.6. The van der Waals surface area contributed by atoms with Crippen LogP contribution in [0.4, 0.5) is 4.79 Å². The average molecular weight is 344 g/mol. The zero-order valence-electron chi connectivity index (χ0n) is 14.6. The highest BCUT2D eigenvalue weighted by Crippen LogP contribution is 2.31. The molecule has 1 unspecified atom stereocenters. The van der Waals surface area contributed by atoms with Gasteiger partial charge in [0.15, 0.2) is 0 Å². The number of amides is 1. The summed E-state index contributed by atoms with van der Waals surface area (Å²) in [5.74, 6) is 1.69. The third-order valence-electron chi connectivity index (χ3n) is 4.44. The van der Waals surface area contributed by atoms with Crippen molar-refractivity contribution >= 4 is 16.9 Å². The van der Waals surface area contributed by atoms with Crippen LogP contribution in [0.15, 0.2) is 30.3 Å². The molecule has 6 heteroatoms. The van der Waals surface area contributed by atoms with Crippen LogP contribution in [0.25, 0.3) is 10.8 Å². The Kier molecular flexibility index (Phi) is 5.60. The lowest BCUT2D eigenvalue weighted by Crippen LogP contribution is -2.19. The van der Waals surface area contributed by atoms with Gasteiger partial charge in [-0.3, -0.25) is 0 Å². The third kappa shape index (κ3) is 4.14. The van der Waals surface area contributed by atoms with Gasteiger partial charge in [-0.2, -0.15) is 0 Å². The minimum absolute atomic E-state index is 0.000350. The second-order valence-corrected chi connectivity index (χ2v) is 6.07. The third-order valence-corrected chi connectivity index (χ3v) is 4.44. The summed E-state index contributed by atoms with van der Waals surface area (Å²) in [6.07, 6.45) is 1.51. The van der Waals surface area contributed by atoms with Crippen LogP contribution in [-0.4, -0.2) is 39.5 Å². The first-order valence-electron chi connectivity index (χ1n) is 8.50. The van der Waals surface area contributed by atoms with Crippen molar-refractivity contribution in [2.45, 2.75) is 25.5 Å². The molecule has 0 aromatic heterocycles. The van der Waals surface area contributed by atoms with E-state index in [1.54, 1.807) is 14.2 Å². The molecule has 1 aliphatic rings. The van der Waals surface area contributed by atoms with E-state index in [1.165, 1.54) is 5.56 Å². The Balaban J connectivity index is 1.60. The zero-order valence-corrected chi connectivity index (χ0v) is 14.6. The van der Waals surface area contributed by atoms with Gasteiger partial charge >= 0.3 is 6.09 Å². The smallest absolute Gasteiger partial charge is 0.407 e. The van der Waals surface area contributed by atoms with Crippen LogP contribution in [0.5, 0.6) is 11.5 Å². The molecule has 1 saturated heterocycles. The normalized spacial score (nSPS) is 16.6. The van der Waals surface area contributed by atoms with Crippen molar-refractivity contribution in [2.24, 2.45) is 0 Å². The fourth-order valence-corrected chi connectivity index (χ4v) is 3.09. The van der Waals surface area contributed by atoms with Crippen molar-refractivity contribution in [3.63, 3.8) is 0 Å². The SMILES string of the molecule is COc1ccc2c(OC)ccc(CNCCCC3CNC(=O)O3)c2c1. The fourth-order valence-electron chi connectivity index (χ4n) is 3.09. The Bertz CT molecular complexity index is 748. The number of hydrogen-bond donors (Lipinski definition) is 2. The lowest BCUT2D eigenvalue weighted by molar-refractivity contribution is 0.134. The summed E-state index contributed by atoms with van der Waals surface area (Å²) >= 11 is 0. The number of ether oxygens (including phenoxy) is 3. The van der Waals surface area contributed by atoms with Crippen LogP contribution in [0.1, 0.15) is 18.4 Å². The number of nitrogens with one attached hydrogen (secondary N) is 2. The molecular weight excluding hydrogens is 320 g/mol. The summed E-state index contributed by atoms with van der Waals surface area (Å²) in [6.45, 7) is 2.24.